The van der Waals surface area contributed by atoms with Crippen molar-refractivity contribution in [1.29, 1.82) is 5.26 Å². The van der Waals surface area contributed by atoms with Gasteiger partial charge >= 0.3 is 0 Å². The van der Waals surface area contributed by atoms with Gasteiger partial charge in [0.25, 0.3) is 0 Å². The van der Waals surface area contributed by atoms with Gasteiger partial charge in [-0.2, -0.15) is 5.26 Å². The Balaban J connectivity index is 2.53. The first kappa shape index (κ1) is 17.2. The van der Waals surface area contributed by atoms with Crippen molar-refractivity contribution in [2.45, 2.75) is 39.7 Å². The fraction of sp³-hybridized carbons (Fsp3) is 0.529. The maximum absolute atomic E-state index is 12.2. The highest BCUT2D eigenvalue weighted by molar-refractivity contribution is 5.75. The molecule has 0 aromatic heterocycles. The smallest absolute Gasteiger partial charge is 0.222 e. The van der Waals surface area contributed by atoms with E-state index in [-0.39, 0.29) is 11.3 Å². The first-order chi connectivity index (χ1) is 9.88. The standard InChI is InChI=1S/C17H25N3O/c1-17(2,9-10-18)8-7-16(21)20(3)13-15-6-4-5-14(11-15)12-19/h4-6,11H,7-10,13,18H2,1-3H3. The molecule has 4 nitrogen and oxygen atoms in total. The number of benzene rings is 1. The predicted octanol–water partition coefficient (Wildman–Crippen LogP) is 2.67. The van der Waals surface area contributed by atoms with Gasteiger partial charge in [-0.3, -0.25) is 4.79 Å². The molecule has 0 saturated carbocycles. The van der Waals surface area contributed by atoms with E-state index in [0.717, 1.165) is 18.4 Å². The summed E-state index contributed by atoms with van der Waals surface area (Å²) in [6.45, 7) is 5.47. The van der Waals surface area contributed by atoms with Gasteiger partial charge in [-0.05, 0) is 42.5 Å². The summed E-state index contributed by atoms with van der Waals surface area (Å²) in [5.74, 6) is 0.127. The number of hydrogen-bond acceptors (Lipinski definition) is 3. The average molecular weight is 287 g/mol. The van der Waals surface area contributed by atoms with Crippen LogP contribution in [0.5, 0.6) is 0 Å². The van der Waals surface area contributed by atoms with Crippen LogP contribution in [-0.2, 0) is 11.3 Å². The summed E-state index contributed by atoms with van der Waals surface area (Å²) in [4.78, 5) is 13.9. The van der Waals surface area contributed by atoms with Crippen LogP contribution in [0.4, 0.5) is 0 Å². The molecule has 1 aromatic rings. The Morgan fingerprint density at radius 1 is 1.38 bits per heavy atom. The van der Waals surface area contributed by atoms with Crippen LogP contribution in [0, 0.1) is 16.7 Å². The highest BCUT2D eigenvalue weighted by atomic mass is 16.2. The van der Waals surface area contributed by atoms with Gasteiger partial charge in [-0.1, -0.05) is 26.0 Å². The Labute approximate surface area is 127 Å². The number of rotatable bonds is 7. The van der Waals surface area contributed by atoms with Crippen LogP contribution in [0.2, 0.25) is 0 Å². The minimum Gasteiger partial charge on any atom is -0.341 e. The van der Waals surface area contributed by atoms with Crippen LogP contribution in [0.3, 0.4) is 0 Å². The van der Waals surface area contributed by atoms with Crippen molar-refractivity contribution in [3.8, 4) is 6.07 Å². The Kier molecular flexibility index (Phi) is 6.39. The van der Waals surface area contributed by atoms with Crippen LogP contribution in [0.1, 0.15) is 44.2 Å². The zero-order chi connectivity index (χ0) is 15.9. The Bertz CT molecular complexity index is 517. The second-order valence-electron chi connectivity index (χ2n) is 6.26. The molecular formula is C17H25N3O. The van der Waals surface area contributed by atoms with Gasteiger partial charge in [0.05, 0.1) is 11.6 Å². The van der Waals surface area contributed by atoms with Crippen molar-refractivity contribution in [3.05, 3.63) is 35.4 Å². The minimum absolute atomic E-state index is 0.103. The SMILES string of the molecule is CN(Cc1cccc(C#N)c1)C(=O)CCC(C)(C)CCN. The summed E-state index contributed by atoms with van der Waals surface area (Å²) in [6, 6.07) is 9.48. The summed E-state index contributed by atoms with van der Waals surface area (Å²) in [6.07, 6.45) is 2.29. The lowest BCUT2D eigenvalue weighted by Gasteiger charge is -2.25. The van der Waals surface area contributed by atoms with Gasteiger partial charge < -0.3 is 10.6 Å². The fourth-order valence-electron chi connectivity index (χ4n) is 2.25. The molecule has 0 radical (unpaired) electrons. The van der Waals surface area contributed by atoms with Crippen LogP contribution < -0.4 is 5.73 Å². The highest BCUT2D eigenvalue weighted by Gasteiger charge is 2.19. The fourth-order valence-corrected chi connectivity index (χ4v) is 2.25. The van der Waals surface area contributed by atoms with E-state index >= 15 is 0 Å². The number of nitrogens with two attached hydrogens (primary N) is 1. The number of hydrogen-bond donors (Lipinski definition) is 1. The molecule has 0 heterocycles. The van der Waals surface area contributed by atoms with E-state index < -0.39 is 0 Å². The normalized spacial score (nSPS) is 11.0. The number of carbonyl (C=O) groups excluding carboxylic acids is 1. The molecule has 0 fully saturated rings. The van der Waals surface area contributed by atoms with Gasteiger partial charge in [0.2, 0.25) is 5.91 Å². The zero-order valence-electron chi connectivity index (χ0n) is 13.2. The molecule has 1 aromatic carbocycles. The molecule has 4 heteroatoms. The lowest BCUT2D eigenvalue weighted by molar-refractivity contribution is -0.131. The van der Waals surface area contributed by atoms with Gasteiger partial charge in [0.15, 0.2) is 0 Å². The lowest BCUT2D eigenvalue weighted by Crippen LogP contribution is -2.28. The first-order valence-corrected chi connectivity index (χ1v) is 7.31. The maximum atomic E-state index is 12.2. The lowest BCUT2D eigenvalue weighted by atomic mass is 9.84. The molecule has 0 unspecified atom stereocenters. The molecule has 0 bridgehead atoms. The summed E-state index contributed by atoms with van der Waals surface area (Å²) < 4.78 is 0. The van der Waals surface area contributed by atoms with Crippen molar-refractivity contribution in [1.82, 2.24) is 4.90 Å². The Morgan fingerprint density at radius 3 is 2.71 bits per heavy atom. The molecule has 1 rings (SSSR count). The number of carbonyl (C=O) groups is 1. The van der Waals surface area contributed by atoms with Gasteiger partial charge in [-0.15, -0.1) is 0 Å². The maximum Gasteiger partial charge on any atom is 0.222 e. The number of nitriles is 1. The van der Waals surface area contributed by atoms with Crippen LogP contribution >= 0.6 is 0 Å². The average Bonchev–Trinajstić information content (AvgIpc) is 2.45. The van der Waals surface area contributed by atoms with Gasteiger partial charge in [-0.25, -0.2) is 0 Å². The largest absolute Gasteiger partial charge is 0.341 e. The summed E-state index contributed by atoms with van der Waals surface area (Å²) in [7, 11) is 1.80. The molecular weight excluding hydrogens is 262 g/mol. The molecule has 0 spiro atoms. The zero-order valence-corrected chi connectivity index (χ0v) is 13.2. The molecule has 2 N–H and O–H groups in total. The molecule has 21 heavy (non-hydrogen) atoms. The third-order valence-corrected chi connectivity index (χ3v) is 3.74. The third-order valence-electron chi connectivity index (χ3n) is 3.74. The molecule has 0 aliphatic rings. The summed E-state index contributed by atoms with van der Waals surface area (Å²) in [5.41, 5.74) is 7.29. The van der Waals surface area contributed by atoms with Gasteiger partial charge in [0, 0.05) is 20.0 Å². The number of amides is 1. The third kappa shape index (κ3) is 5.97. The predicted molar refractivity (Wildman–Crippen MR) is 84.3 cm³/mol. The molecule has 114 valence electrons. The van der Waals surface area contributed by atoms with Crippen molar-refractivity contribution in [2.75, 3.05) is 13.6 Å². The van der Waals surface area contributed by atoms with Crippen molar-refractivity contribution < 1.29 is 4.79 Å². The van der Waals surface area contributed by atoms with E-state index in [1.807, 2.05) is 18.2 Å². The van der Waals surface area contributed by atoms with E-state index in [4.69, 9.17) is 11.0 Å². The van der Waals surface area contributed by atoms with E-state index in [1.54, 1.807) is 18.0 Å². The molecule has 0 saturated heterocycles. The van der Waals surface area contributed by atoms with Crippen LogP contribution in [-0.4, -0.2) is 24.4 Å². The van der Waals surface area contributed by atoms with E-state index in [9.17, 15) is 4.79 Å². The van der Waals surface area contributed by atoms with Crippen LogP contribution in [0.25, 0.3) is 0 Å². The van der Waals surface area contributed by atoms with Crippen molar-refractivity contribution >= 4 is 5.91 Å². The van der Waals surface area contributed by atoms with Crippen molar-refractivity contribution in [2.24, 2.45) is 11.1 Å². The van der Waals surface area contributed by atoms with E-state index in [2.05, 4.69) is 19.9 Å². The monoisotopic (exact) mass is 287 g/mol. The highest BCUT2D eigenvalue weighted by Crippen LogP contribution is 2.26. The van der Waals surface area contributed by atoms with E-state index in [1.165, 1.54) is 0 Å². The topological polar surface area (TPSA) is 70.1 Å². The molecule has 0 aliphatic heterocycles. The van der Waals surface area contributed by atoms with Crippen LogP contribution in [0.15, 0.2) is 24.3 Å². The quantitative estimate of drug-likeness (QED) is 0.838. The molecule has 0 atom stereocenters. The van der Waals surface area contributed by atoms with Gasteiger partial charge in [0.1, 0.15) is 0 Å². The number of nitrogens with zero attached hydrogens (tertiary/aromatic N) is 2. The Morgan fingerprint density at radius 2 is 2.10 bits per heavy atom. The molecule has 1 amide bonds. The summed E-state index contributed by atoms with van der Waals surface area (Å²) >= 11 is 0. The second kappa shape index (κ2) is 7.80. The Hall–Kier alpha value is -1.86. The first-order valence-electron chi connectivity index (χ1n) is 7.31. The minimum atomic E-state index is 0.103. The summed E-state index contributed by atoms with van der Waals surface area (Å²) in [5, 5.41) is 8.89. The van der Waals surface area contributed by atoms with Crippen molar-refractivity contribution in [3.63, 3.8) is 0 Å². The molecule has 0 aliphatic carbocycles. The second-order valence-corrected chi connectivity index (χ2v) is 6.26. The van der Waals surface area contributed by atoms with E-state index in [0.29, 0.717) is 25.1 Å².